The van der Waals surface area contributed by atoms with Crippen LogP contribution in [-0.4, -0.2) is 28.3 Å². The molecular formula is C12H16BClFN3O2. The van der Waals surface area contributed by atoms with Gasteiger partial charge in [-0.3, -0.25) is 0 Å². The van der Waals surface area contributed by atoms with Gasteiger partial charge in [0, 0.05) is 0 Å². The number of rotatable bonds is 2. The first-order valence-corrected chi connectivity index (χ1v) is 6.50. The Kier molecular flexibility index (Phi) is 3.79. The minimum Gasteiger partial charge on any atom is -0.398 e. The van der Waals surface area contributed by atoms with Crippen molar-refractivity contribution in [3.05, 3.63) is 22.8 Å². The molecule has 0 radical (unpaired) electrons. The molecule has 1 aliphatic heterocycles. The quantitative estimate of drug-likeness (QED) is 0.671. The van der Waals surface area contributed by atoms with Crippen molar-refractivity contribution in [2.24, 2.45) is 0 Å². The zero-order valence-corrected chi connectivity index (χ0v) is 12.5. The largest absolute Gasteiger partial charge is 0.525 e. The average Bonchev–Trinajstić information content (AvgIpc) is 2.53. The normalized spacial score (nSPS) is 21.3. The molecule has 0 amide bonds. The Morgan fingerprint density at radius 1 is 1.30 bits per heavy atom. The zero-order chi connectivity index (χ0) is 15.1. The molecule has 2 N–H and O–H groups in total. The van der Waals surface area contributed by atoms with Crippen molar-refractivity contribution in [1.29, 1.82) is 0 Å². The fraction of sp³-hybridized carbons (Fsp3) is 0.500. The van der Waals surface area contributed by atoms with Crippen molar-refractivity contribution in [3.63, 3.8) is 0 Å². The molecule has 0 aromatic carbocycles. The summed E-state index contributed by atoms with van der Waals surface area (Å²) in [5.74, 6) is 0.0941. The number of hydrogen-bond donors (Lipinski definition) is 1. The van der Waals surface area contributed by atoms with E-state index in [4.69, 9.17) is 26.6 Å². The Labute approximate surface area is 122 Å². The minimum atomic E-state index is -1.10. The number of aromatic nitrogens is 2. The van der Waals surface area contributed by atoms with Gasteiger partial charge in [0.1, 0.15) is 23.0 Å². The molecule has 1 saturated heterocycles. The summed E-state index contributed by atoms with van der Waals surface area (Å²) < 4.78 is 25.5. The second-order valence-corrected chi connectivity index (χ2v) is 5.94. The van der Waals surface area contributed by atoms with Gasteiger partial charge in [-0.15, -0.1) is 0 Å². The summed E-state index contributed by atoms with van der Waals surface area (Å²) in [6.07, 6.45) is 2.35. The van der Waals surface area contributed by atoms with Crippen LogP contribution in [0.1, 0.15) is 33.3 Å². The first-order chi connectivity index (χ1) is 9.14. The summed E-state index contributed by atoms with van der Waals surface area (Å²) in [6.45, 7) is 7.36. The summed E-state index contributed by atoms with van der Waals surface area (Å²) in [4.78, 5) is 7.52. The van der Waals surface area contributed by atoms with Crippen LogP contribution in [0.5, 0.6) is 0 Å². The molecule has 20 heavy (non-hydrogen) atoms. The van der Waals surface area contributed by atoms with Gasteiger partial charge in [0.15, 0.2) is 0 Å². The van der Waals surface area contributed by atoms with E-state index in [0.29, 0.717) is 0 Å². The van der Waals surface area contributed by atoms with E-state index >= 15 is 0 Å². The van der Waals surface area contributed by atoms with E-state index in [0.717, 1.165) is 6.08 Å². The third kappa shape index (κ3) is 2.66. The van der Waals surface area contributed by atoms with Crippen molar-refractivity contribution in [2.45, 2.75) is 38.9 Å². The number of nitrogen functional groups attached to an aromatic ring is 1. The molecule has 0 unspecified atom stereocenters. The topological polar surface area (TPSA) is 70.3 Å². The van der Waals surface area contributed by atoms with E-state index in [1.54, 1.807) is 0 Å². The predicted molar refractivity (Wildman–Crippen MR) is 76.6 cm³/mol. The first kappa shape index (κ1) is 15.2. The molecule has 0 spiro atoms. The third-order valence-electron chi connectivity index (χ3n) is 3.63. The number of anilines is 1. The van der Waals surface area contributed by atoms with Gasteiger partial charge in [-0.2, -0.15) is 0 Å². The Morgan fingerprint density at radius 2 is 1.85 bits per heavy atom. The molecule has 1 aliphatic rings. The fourth-order valence-corrected chi connectivity index (χ4v) is 1.88. The molecule has 0 bridgehead atoms. The molecule has 1 aromatic heterocycles. The Morgan fingerprint density at radius 3 is 2.35 bits per heavy atom. The van der Waals surface area contributed by atoms with Crippen molar-refractivity contribution in [1.82, 2.24) is 9.97 Å². The Balaban J connectivity index is 2.29. The van der Waals surface area contributed by atoms with Crippen LogP contribution in [0.2, 0.25) is 5.15 Å². The van der Waals surface area contributed by atoms with E-state index in [1.165, 1.54) is 6.33 Å². The minimum absolute atomic E-state index is 0.0733. The number of nitrogens with zero attached hydrogens (tertiary/aromatic N) is 2. The number of halogens is 2. The van der Waals surface area contributed by atoms with Crippen LogP contribution in [0.3, 0.4) is 0 Å². The maximum Gasteiger partial charge on any atom is 0.525 e. The standard InChI is InChI=1S/C12H16BClFN3O2/c1-11(2)12(3,4)20-13(19-11)8(15)5-7-9(14)17-6-18-10(7)16/h5-6H,1-4H3,(H2,16,17,18). The molecule has 0 aliphatic carbocycles. The number of hydrogen-bond acceptors (Lipinski definition) is 5. The van der Waals surface area contributed by atoms with Gasteiger partial charge in [0.2, 0.25) is 0 Å². The summed E-state index contributed by atoms with van der Waals surface area (Å²) >= 11 is 5.87. The fourth-order valence-electron chi connectivity index (χ4n) is 1.68. The molecule has 1 fully saturated rings. The summed E-state index contributed by atoms with van der Waals surface area (Å²) in [5, 5.41) is 0.0733. The molecule has 0 saturated carbocycles. The van der Waals surface area contributed by atoms with Gasteiger partial charge in [0.05, 0.1) is 16.8 Å². The van der Waals surface area contributed by atoms with E-state index in [2.05, 4.69) is 9.97 Å². The lowest BCUT2D eigenvalue weighted by molar-refractivity contribution is 0.00578. The third-order valence-corrected chi connectivity index (χ3v) is 3.93. The summed E-state index contributed by atoms with van der Waals surface area (Å²) in [7, 11) is -1.10. The highest BCUT2D eigenvalue weighted by Gasteiger charge is 2.53. The van der Waals surface area contributed by atoms with Gasteiger partial charge < -0.3 is 15.0 Å². The maximum atomic E-state index is 14.3. The monoisotopic (exact) mass is 299 g/mol. The van der Waals surface area contributed by atoms with E-state index in [1.807, 2.05) is 27.7 Å². The van der Waals surface area contributed by atoms with E-state index in [9.17, 15) is 4.39 Å². The van der Waals surface area contributed by atoms with E-state index < -0.39 is 24.0 Å². The zero-order valence-electron chi connectivity index (χ0n) is 11.8. The average molecular weight is 300 g/mol. The summed E-state index contributed by atoms with van der Waals surface area (Å²) in [5.41, 5.74) is 3.98. The van der Waals surface area contributed by atoms with Crippen LogP contribution in [0, 0.1) is 0 Å². The first-order valence-electron chi connectivity index (χ1n) is 6.13. The van der Waals surface area contributed by atoms with Gasteiger partial charge in [0.25, 0.3) is 0 Å². The van der Waals surface area contributed by atoms with Crippen LogP contribution < -0.4 is 5.73 Å². The highest BCUT2D eigenvalue weighted by Crippen LogP contribution is 2.39. The molecule has 8 heteroatoms. The predicted octanol–water partition coefficient (Wildman–Crippen LogP) is 2.65. The lowest BCUT2D eigenvalue weighted by Gasteiger charge is -2.32. The highest BCUT2D eigenvalue weighted by molar-refractivity contribution is 6.54. The molecular weight excluding hydrogens is 283 g/mol. The highest BCUT2D eigenvalue weighted by atomic mass is 35.5. The van der Waals surface area contributed by atoms with Gasteiger partial charge >= 0.3 is 7.12 Å². The SMILES string of the molecule is CC1(C)OB(C(F)=Cc2c(N)ncnc2Cl)OC1(C)C. The van der Waals surface area contributed by atoms with Crippen LogP contribution >= 0.6 is 11.6 Å². The van der Waals surface area contributed by atoms with E-state index in [-0.39, 0.29) is 16.5 Å². The lowest BCUT2D eigenvalue weighted by Crippen LogP contribution is -2.41. The maximum absolute atomic E-state index is 14.3. The van der Waals surface area contributed by atoms with Crippen LogP contribution in [0.25, 0.3) is 6.08 Å². The van der Waals surface area contributed by atoms with Gasteiger partial charge in [-0.05, 0) is 33.8 Å². The summed E-state index contributed by atoms with van der Waals surface area (Å²) in [6, 6.07) is 0. The molecule has 2 rings (SSSR count). The molecule has 1 aromatic rings. The van der Waals surface area contributed by atoms with Crippen molar-refractivity contribution < 1.29 is 13.7 Å². The second kappa shape index (κ2) is 4.98. The van der Waals surface area contributed by atoms with Crippen LogP contribution in [0.15, 0.2) is 12.1 Å². The second-order valence-electron chi connectivity index (χ2n) is 5.58. The van der Waals surface area contributed by atoms with Crippen LogP contribution in [0.4, 0.5) is 10.2 Å². The molecule has 2 heterocycles. The van der Waals surface area contributed by atoms with Gasteiger partial charge in [-0.1, -0.05) is 11.6 Å². The van der Waals surface area contributed by atoms with Crippen molar-refractivity contribution in [2.75, 3.05) is 5.73 Å². The lowest BCUT2D eigenvalue weighted by atomic mass is 9.87. The van der Waals surface area contributed by atoms with Crippen molar-refractivity contribution in [3.8, 4) is 0 Å². The number of nitrogens with two attached hydrogens (primary N) is 1. The van der Waals surface area contributed by atoms with Crippen LogP contribution in [-0.2, 0) is 9.31 Å². The Hall–Kier alpha value is -1.18. The molecule has 108 valence electrons. The molecule has 0 atom stereocenters. The smallest absolute Gasteiger partial charge is 0.398 e. The van der Waals surface area contributed by atoms with Crippen molar-refractivity contribution >= 4 is 30.6 Å². The Bertz CT molecular complexity index is 529. The van der Waals surface area contributed by atoms with Gasteiger partial charge in [-0.25, -0.2) is 14.4 Å². The molecule has 5 nitrogen and oxygen atoms in total.